The van der Waals surface area contributed by atoms with Gasteiger partial charge < -0.3 is 9.47 Å². The number of carbonyl (C=O) groups is 2. The molecule has 0 N–H and O–H groups in total. The predicted octanol–water partition coefficient (Wildman–Crippen LogP) is 6.74. The maximum Gasteiger partial charge on any atom is 0.416 e. The smallest absolute Gasteiger partial charge is 0.416 e. The van der Waals surface area contributed by atoms with E-state index < -0.39 is 17.7 Å². The Hall–Kier alpha value is -3.62. The number of ether oxygens (including phenoxy) is 2. The maximum atomic E-state index is 13.5. The van der Waals surface area contributed by atoms with Gasteiger partial charge in [0.25, 0.3) is 0 Å². The standard InChI is InChI=1S/C27H26Cl2N4O4/c1-16-12-17(25(34)36-5)7-9-20(16)22-14-24(33-23(31-22)10-11-30-33)32(26(35)37-27(2,3)4)15-18-6-8-19(28)13-21(18)29/h6-14H,15H2,1-5H3. The second-order valence-electron chi connectivity index (χ2n) is 9.42. The number of carbonyl (C=O) groups excluding carboxylic acids is 2. The van der Waals surface area contributed by atoms with Crippen LogP contribution < -0.4 is 4.90 Å². The van der Waals surface area contributed by atoms with Crippen molar-refractivity contribution in [2.24, 2.45) is 0 Å². The van der Waals surface area contributed by atoms with Gasteiger partial charge in [0.1, 0.15) is 11.4 Å². The second-order valence-corrected chi connectivity index (χ2v) is 10.3. The molecule has 0 unspecified atom stereocenters. The van der Waals surface area contributed by atoms with Gasteiger partial charge in [0.2, 0.25) is 0 Å². The number of nitrogens with zero attached hydrogens (tertiary/aromatic N) is 4. The topological polar surface area (TPSA) is 86.0 Å². The summed E-state index contributed by atoms with van der Waals surface area (Å²) in [5.41, 5.74) is 3.09. The molecule has 1 amide bonds. The van der Waals surface area contributed by atoms with Gasteiger partial charge in [-0.2, -0.15) is 9.61 Å². The molecule has 0 spiro atoms. The Morgan fingerprint density at radius 3 is 2.46 bits per heavy atom. The van der Waals surface area contributed by atoms with E-state index in [0.717, 1.165) is 11.1 Å². The number of methoxy groups -OCH3 is 1. The molecule has 0 fully saturated rings. The molecule has 0 aliphatic carbocycles. The number of rotatable bonds is 5. The monoisotopic (exact) mass is 540 g/mol. The maximum absolute atomic E-state index is 13.5. The average Bonchev–Trinajstić information content (AvgIpc) is 3.30. The molecule has 4 rings (SSSR count). The fourth-order valence-electron chi connectivity index (χ4n) is 3.80. The molecule has 0 saturated carbocycles. The molecular formula is C27H26Cl2N4O4. The summed E-state index contributed by atoms with van der Waals surface area (Å²) in [5, 5.41) is 5.30. The van der Waals surface area contributed by atoms with Gasteiger partial charge in [0.15, 0.2) is 5.65 Å². The molecule has 4 aromatic rings. The number of fused-ring (bicyclic) bond motifs is 1. The molecule has 37 heavy (non-hydrogen) atoms. The van der Waals surface area contributed by atoms with Gasteiger partial charge >= 0.3 is 12.1 Å². The molecule has 0 radical (unpaired) electrons. The van der Waals surface area contributed by atoms with Gasteiger partial charge in [-0.05, 0) is 63.1 Å². The van der Waals surface area contributed by atoms with Crippen LogP contribution in [0.4, 0.5) is 10.6 Å². The third-order valence-corrected chi connectivity index (χ3v) is 6.08. The quantitative estimate of drug-likeness (QED) is 0.260. The molecule has 0 aliphatic rings. The minimum absolute atomic E-state index is 0.101. The Morgan fingerprint density at radius 1 is 1.05 bits per heavy atom. The Bertz CT molecular complexity index is 1490. The summed E-state index contributed by atoms with van der Waals surface area (Å²) in [6.07, 6.45) is 1.02. The highest BCUT2D eigenvalue weighted by Gasteiger charge is 2.27. The van der Waals surface area contributed by atoms with Gasteiger partial charge in [-0.3, -0.25) is 4.90 Å². The van der Waals surface area contributed by atoms with E-state index in [1.807, 2.05) is 6.92 Å². The summed E-state index contributed by atoms with van der Waals surface area (Å²) in [7, 11) is 1.34. The number of amides is 1. The van der Waals surface area contributed by atoms with E-state index in [1.54, 1.807) is 80.0 Å². The summed E-state index contributed by atoms with van der Waals surface area (Å²) >= 11 is 12.5. The fourth-order valence-corrected chi connectivity index (χ4v) is 4.27. The highest BCUT2D eigenvalue weighted by molar-refractivity contribution is 6.35. The number of aryl methyl sites for hydroxylation is 1. The van der Waals surface area contributed by atoms with Crippen molar-refractivity contribution in [3.05, 3.63) is 81.5 Å². The second kappa shape index (κ2) is 10.4. The van der Waals surface area contributed by atoms with Crippen molar-refractivity contribution >= 4 is 46.7 Å². The molecule has 2 heterocycles. The number of esters is 1. The lowest BCUT2D eigenvalue weighted by molar-refractivity contribution is 0.0572. The summed E-state index contributed by atoms with van der Waals surface area (Å²) in [4.78, 5) is 31.7. The van der Waals surface area contributed by atoms with Gasteiger partial charge in [0.05, 0.1) is 31.1 Å². The molecule has 8 nitrogen and oxygen atoms in total. The summed E-state index contributed by atoms with van der Waals surface area (Å²) < 4.78 is 12.1. The summed E-state index contributed by atoms with van der Waals surface area (Å²) in [5.74, 6) is 0.00666. The lowest BCUT2D eigenvalue weighted by atomic mass is 10.0. The van der Waals surface area contributed by atoms with Crippen molar-refractivity contribution in [1.29, 1.82) is 0 Å². The molecule has 192 valence electrons. The van der Waals surface area contributed by atoms with Crippen molar-refractivity contribution in [2.45, 2.75) is 39.8 Å². The van der Waals surface area contributed by atoms with Crippen LogP contribution in [-0.2, 0) is 16.0 Å². The number of benzene rings is 2. The fraction of sp³-hybridized carbons (Fsp3) is 0.259. The van der Waals surface area contributed by atoms with E-state index in [0.29, 0.717) is 38.3 Å². The van der Waals surface area contributed by atoms with Crippen LogP contribution in [0.3, 0.4) is 0 Å². The summed E-state index contributed by atoms with van der Waals surface area (Å²) in [6, 6.07) is 13.8. The number of aromatic nitrogens is 3. The third-order valence-electron chi connectivity index (χ3n) is 5.50. The first-order valence-electron chi connectivity index (χ1n) is 11.5. The average molecular weight is 541 g/mol. The van der Waals surface area contributed by atoms with Crippen molar-refractivity contribution < 1.29 is 19.1 Å². The van der Waals surface area contributed by atoms with E-state index in [-0.39, 0.29) is 6.54 Å². The van der Waals surface area contributed by atoms with Gasteiger partial charge in [-0.25, -0.2) is 14.6 Å². The molecule has 2 aromatic carbocycles. The van der Waals surface area contributed by atoms with E-state index in [4.69, 9.17) is 37.7 Å². The van der Waals surface area contributed by atoms with Gasteiger partial charge in [0, 0.05) is 27.7 Å². The Morgan fingerprint density at radius 2 is 1.81 bits per heavy atom. The SMILES string of the molecule is COC(=O)c1ccc(-c2cc(N(Cc3ccc(Cl)cc3Cl)C(=O)OC(C)(C)C)n3nccc3n2)c(C)c1. The predicted molar refractivity (Wildman–Crippen MR) is 143 cm³/mol. The Labute approximate surface area is 224 Å². The van der Waals surface area contributed by atoms with Crippen LogP contribution >= 0.6 is 23.2 Å². The van der Waals surface area contributed by atoms with E-state index in [2.05, 4.69) is 5.10 Å². The number of halogens is 2. The third kappa shape index (κ3) is 5.87. The zero-order valence-electron chi connectivity index (χ0n) is 21.1. The highest BCUT2D eigenvalue weighted by Crippen LogP contribution is 2.31. The van der Waals surface area contributed by atoms with E-state index in [9.17, 15) is 9.59 Å². The number of hydrogen-bond acceptors (Lipinski definition) is 6. The van der Waals surface area contributed by atoms with Crippen LogP contribution in [0.15, 0.2) is 54.7 Å². The van der Waals surface area contributed by atoms with Crippen molar-refractivity contribution in [3.8, 4) is 11.3 Å². The lowest BCUT2D eigenvalue weighted by Gasteiger charge is -2.28. The minimum Gasteiger partial charge on any atom is -0.465 e. The molecule has 0 atom stereocenters. The number of hydrogen-bond donors (Lipinski definition) is 0. The number of anilines is 1. The molecule has 0 saturated heterocycles. The first-order valence-corrected chi connectivity index (χ1v) is 12.2. The molecular weight excluding hydrogens is 515 g/mol. The molecule has 2 aromatic heterocycles. The zero-order chi connectivity index (χ0) is 26.9. The largest absolute Gasteiger partial charge is 0.465 e. The van der Waals surface area contributed by atoms with Crippen LogP contribution in [0.25, 0.3) is 16.9 Å². The minimum atomic E-state index is -0.738. The first-order chi connectivity index (χ1) is 17.5. The van der Waals surface area contributed by atoms with Crippen molar-refractivity contribution in [1.82, 2.24) is 14.6 Å². The van der Waals surface area contributed by atoms with Crippen LogP contribution in [-0.4, -0.2) is 39.4 Å². The van der Waals surface area contributed by atoms with Crippen LogP contribution in [0.1, 0.15) is 42.3 Å². The van der Waals surface area contributed by atoms with Crippen LogP contribution in [0, 0.1) is 6.92 Å². The molecule has 0 bridgehead atoms. The van der Waals surface area contributed by atoms with Crippen LogP contribution in [0.2, 0.25) is 10.0 Å². The van der Waals surface area contributed by atoms with E-state index >= 15 is 0 Å². The van der Waals surface area contributed by atoms with Gasteiger partial charge in [-0.15, -0.1) is 0 Å². The Kier molecular flexibility index (Phi) is 7.43. The van der Waals surface area contributed by atoms with Crippen molar-refractivity contribution in [3.63, 3.8) is 0 Å². The molecule has 10 heteroatoms. The lowest BCUT2D eigenvalue weighted by Crippen LogP contribution is -2.37. The zero-order valence-corrected chi connectivity index (χ0v) is 22.6. The van der Waals surface area contributed by atoms with Gasteiger partial charge in [-0.1, -0.05) is 35.3 Å². The Balaban J connectivity index is 1.87. The van der Waals surface area contributed by atoms with Crippen molar-refractivity contribution in [2.75, 3.05) is 12.0 Å². The van der Waals surface area contributed by atoms with E-state index in [1.165, 1.54) is 12.0 Å². The molecule has 0 aliphatic heterocycles. The summed E-state index contributed by atoms with van der Waals surface area (Å²) in [6.45, 7) is 7.37. The first kappa shape index (κ1) is 26.4. The normalized spacial score (nSPS) is 11.4. The highest BCUT2D eigenvalue weighted by atomic mass is 35.5. The van der Waals surface area contributed by atoms with Crippen LogP contribution in [0.5, 0.6) is 0 Å².